The van der Waals surface area contributed by atoms with Gasteiger partial charge >= 0.3 is 0 Å². The molecule has 0 atom stereocenters. The minimum atomic E-state index is 0.463. The van der Waals surface area contributed by atoms with Gasteiger partial charge in [-0.25, -0.2) is 9.97 Å². The van der Waals surface area contributed by atoms with Crippen LogP contribution in [0.4, 0.5) is 11.6 Å². The predicted octanol–water partition coefficient (Wildman–Crippen LogP) is 2.04. The van der Waals surface area contributed by atoms with Crippen LogP contribution in [0, 0.1) is 5.92 Å². The van der Waals surface area contributed by atoms with Gasteiger partial charge in [-0.3, -0.25) is 0 Å². The van der Waals surface area contributed by atoms with Crippen LogP contribution in [0.2, 0.25) is 0 Å². The van der Waals surface area contributed by atoms with E-state index in [0.717, 1.165) is 29.9 Å². The van der Waals surface area contributed by atoms with E-state index in [9.17, 15) is 0 Å². The van der Waals surface area contributed by atoms with Crippen LogP contribution in [0.3, 0.4) is 0 Å². The van der Waals surface area contributed by atoms with Crippen LogP contribution in [0.1, 0.15) is 31.5 Å². The summed E-state index contributed by atoms with van der Waals surface area (Å²) in [7, 11) is 3.57. The van der Waals surface area contributed by atoms with Crippen molar-refractivity contribution in [3.8, 4) is 0 Å². The summed E-state index contributed by atoms with van der Waals surface area (Å²) in [6.07, 6.45) is 5.34. The summed E-state index contributed by atoms with van der Waals surface area (Å²) in [5.41, 5.74) is 0. The highest BCUT2D eigenvalue weighted by Crippen LogP contribution is 2.37. The number of rotatable bonds is 7. The van der Waals surface area contributed by atoms with Crippen LogP contribution in [0.15, 0.2) is 6.07 Å². The quantitative estimate of drug-likeness (QED) is 0.815. The molecule has 0 bridgehead atoms. The van der Waals surface area contributed by atoms with Gasteiger partial charge in [-0.2, -0.15) is 0 Å². The van der Waals surface area contributed by atoms with Crippen LogP contribution in [-0.4, -0.2) is 36.7 Å². The average Bonchev–Trinajstić information content (AvgIpc) is 3.28. The van der Waals surface area contributed by atoms with Gasteiger partial charge in [0.15, 0.2) is 5.82 Å². The molecule has 2 fully saturated rings. The molecule has 0 unspecified atom stereocenters. The number of hydrogen-bond acceptors (Lipinski definition) is 5. The Kier molecular flexibility index (Phi) is 3.55. The Morgan fingerprint density at radius 1 is 1.32 bits per heavy atom. The van der Waals surface area contributed by atoms with E-state index in [1.165, 1.54) is 25.7 Å². The highest BCUT2D eigenvalue weighted by Gasteiger charge is 2.34. The highest BCUT2D eigenvalue weighted by atomic mass is 16.5. The van der Waals surface area contributed by atoms with E-state index in [2.05, 4.69) is 26.3 Å². The first-order valence-corrected chi connectivity index (χ1v) is 7.11. The van der Waals surface area contributed by atoms with E-state index in [-0.39, 0.29) is 0 Å². The molecular formula is C14H22N4O. The Labute approximate surface area is 114 Å². The lowest BCUT2D eigenvalue weighted by molar-refractivity contribution is 0.178. The minimum absolute atomic E-state index is 0.463. The van der Waals surface area contributed by atoms with E-state index in [1.54, 1.807) is 7.11 Å². The van der Waals surface area contributed by atoms with Gasteiger partial charge < -0.3 is 15.0 Å². The lowest BCUT2D eigenvalue weighted by Crippen LogP contribution is -2.29. The molecule has 1 aromatic rings. The first-order chi connectivity index (χ1) is 9.30. The third-order valence-electron chi connectivity index (χ3n) is 3.72. The summed E-state index contributed by atoms with van der Waals surface area (Å²) >= 11 is 0. The maximum absolute atomic E-state index is 5.16. The summed E-state index contributed by atoms with van der Waals surface area (Å²) in [5.74, 6) is 3.56. The van der Waals surface area contributed by atoms with E-state index in [4.69, 9.17) is 4.74 Å². The Hall–Kier alpha value is -1.36. The van der Waals surface area contributed by atoms with Gasteiger partial charge in [0.05, 0.1) is 0 Å². The molecule has 0 saturated heterocycles. The molecule has 0 aromatic carbocycles. The SMILES string of the molecule is CNc1cc(N(CC2CC2)C2CC2)nc(COC)n1. The molecule has 1 aromatic heterocycles. The Morgan fingerprint density at radius 2 is 2.11 bits per heavy atom. The summed E-state index contributed by atoms with van der Waals surface area (Å²) in [4.78, 5) is 11.6. The standard InChI is InChI=1S/C14H22N4O/c1-15-12-7-14(17-13(16-12)9-19-2)18(11-5-6-11)8-10-3-4-10/h7,10-11H,3-6,8-9H2,1-2H3,(H,15,16,17). The summed E-state index contributed by atoms with van der Waals surface area (Å²) in [6, 6.07) is 2.75. The molecule has 0 radical (unpaired) electrons. The molecule has 5 heteroatoms. The smallest absolute Gasteiger partial charge is 0.158 e. The Bertz CT molecular complexity index is 443. The largest absolute Gasteiger partial charge is 0.377 e. The number of nitrogens with zero attached hydrogens (tertiary/aromatic N) is 3. The molecule has 1 heterocycles. The third kappa shape index (κ3) is 3.15. The molecule has 19 heavy (non-hydrogen) atoms. The van der Waals surface area contributed by atoms with Crippen molar-refractivity contribution in [3.63, 3.8) is 0 Å². The number of ether oxygens (including phenoxy) is 1. The number of hydrogen-bond donors (Lipinski definition) is 1. The van der Waals surface area contributed by atoms with E-state index in [1.807, 2.05) is 7.05 Å². The van der Waals surface area contributed by atoms with Crippen LogP contribution in [0.5, 0.6) is 0 Å². The van der Waals surface area contributed by atoms with Crippen molar-refractivity contribution >= 4 is 11.6 Å². The average molecular weight is 262 g/mol. The van der Waals surface area contributed by atoms with Crippen LogP contribution < -0.4 is 10.2 Å². The molecule has 104 valence electrons. The van der Waals surface area contributed by atoms with Gasteiger partial charge in [0.25, 0.3) is 0 Å². The van der Waals surface area contributed by atoms with E-state index in [0.29, 0.717) is 12.6 Å². The van der Waals surface area contributed by atoms with Gasteiger partial charge in [-0.15, -0.1) is 0 Å². The topological polar surface area (TPSA) is 50.3 Å². The number of aromatic nitrogens is 2. The first kappa shape index (κ1) is 12.7. The Morgan fingerprint density at radius 3 is 2.68 bits per heavy atom. The zero-order valence-electron chi connectivity index (χ0n) is 11.7. The van der Waals surface area contributed by atoms with Crippen LogP contribution in [0.25, 0.3) is 0 Å². The minimum Gasteiger partial charge on any atom is -0.377 e. The fourth-order valence-electron chi connectivity index (χ4n) is 2.35. The fourth-order valence-corrected chi connectivity index (χ4v) is 2.35. The molecule has 3 rings (SSSR count). The zero-order chi connectivity index (χ0) is 13.2. The summed E-state index contributed by atoms with van der Waals surface area (Å²) < 4.78 is 5.16. The van der Waals surface area contributed by atoms with E-state index >= 15 is 0 Å². The van der Waals surface area contributed by atoms with Crippen molar-refractivity contribution in [3.05, 3.63) is 11.9 Å². The number of anilines is 2. The maximum Gasteiger partial charge on any atom is 0.158 e. The van der Waals surface area contributed by atoms with Gasteiger partial charge in [0.1, 0.15) is 18.2 Å². The van der Waals surface area contributed by atoms with Crippen molar-refractivity contribution in [2.24, 2.45) is 5.92 Å². The lowest BCUT2D eigenvalue weighted by atomic mass is 10.3. The molecule has 0 spiro atoms. The highest BCUT2D eigenvalue weighted by molar-refractivity contribution is 5.50. The lowest BCUT2D eigenvalue weighted by Gasteiger charge is -2.24. The van der Waals surface area contributed by atoms with Crippen LogP contribution in [-0.2, 0) is 11.3 Å². The van der Waals surface area contributed by atoms with Crippen molar-refractivity contribution < 1.29 is 4.74 Å². The molecule has 0 amide bonds. The van der Waals surface area contributed by atoms with Crippen molar-refractivity contribution in [2.45, 2.75) is 38.3 Å². The molecule has 1 N–H and O–H groups in total. The van der Waals surface area contributed by atoms with Gasteiger partial charge in [0.2, 0.25) is 0 Å². The second kappa shape index (κ2) is 5.33. The monoisotopic (exact) mass is 262 g/mol. The molecule has 5 nitrogen and oxygen atoms in total. The number of methoxy groups -OCH3 is 1. The van der Waals surface area contributed by atoms with Gasteiger partial charge in [0, 0.05) is 32.8 Å². The van der Waals surface area contributed by atoms with Crippen LogP contribution >= 0.6 is 0 Å². The molecule has 2 aliphatic carbocycles. The van der Waals surface area contributed by atoms with Crippen molar-refractivity contribution in [2.75, 3.05) is 30.9 Å². The summed E-state index contributed by atoms with van der Waals surface area (Å²) in [5, 5.41) is 3.12. The predicted molar refractivity (Wildman–Crippen MR) is 75.4 cm³/mol. The van der Waals surface area contributed by atoms with Gasteiger partial charge in [-0.1, -0.05) is 0 Å². The molecule has 2 saturated carbocycles. The Balaban J connectivity index is 1.84. The van der Waals surface area contributed by atoms with Crippen molar-refractivity contribution in [1.29, 1.82) is 0 Å². The third-order valence-corrected chi connectivity index (χ3v) is 3.72. The van der Waals surface area contributed by atoms with Crippen molar-refractivity contribution in [1.82, 2.24) is 9.97 Å². The molecule has 0 aliphatic heterocycles. The number of nitrogens with one attached hydrogen (secondary N) is 1. The zero-order valence-corrected chi connectivity index (χ0v) is 11.7. The second-order valence-electron chi connectivity index (χ2n) is 5.54. The first-order valence-electron chi connectivity index (χ1n) is 7.11. The van der Waals surface area contributed by atoms with Gasteiger partial charge in [-0.05, 0) is 31.6 Å². The maximum atomic E-state index is 5.16. The molecular weight excluding hydrogens is 240 g/mol. The summed E-state index contributed by atoms with van der Waals surface area (Å²) in [6.45, 7) is 1.61. The fraction of sp³-hybridized carbons (Fsp3) is 0.714. The second-order valence-corrected chi connectivity index (χ2v) is 5.54. The molecule has 2 aliphatic rings. The normalized spacial score (nSPS) is 18.4. The van der Waals surface area contributed by atoms with E-state index < -0.39 is 0 Å².